The molecule has 0 aliphatic heterocycles. The lowest BCUT2D eigenvalue weighted by molar-refractivity contribution is 0.317. The average Bonchev–Trinajstić information content (AvgIpc) is 2.42. The largest absolute Gasteiger partial charge is 0.494 e. The van der Waals surface area contributed by atoms with Crippen molar-refractivity contribution >= 4 is 0 Å². The van der Waals surface area contributed by atoms with Crippen LogP contribution in [0, 0.1) is 5.92 Å². The molecule has 2 nitrogen and oxygen atoms in total. The van der Waals surface area contributed by atoms with Crippen molar-refractivity contribution in [3.8, 4) is 5.75 Å². The van der Waals surface area contributed by atoms with Crippen LogP contribution in [0.2, 0.25) is 0 Å². The van der Waals surface area contributed by atoms with E-state index in [1.54, 1.807) is 0 Å². The van der Waals surface area contributed by atoms with Gasteiger partial charge in [0.1, 0.15) is 5.75 Å². The molecule has 0 atom stereocenters. The number of hydrogen-bond acceptors (Lipinski definition) is 2. The van der Waals surface area contributed by atoms with E-state index in [0.29, 0.717) is 5.92 Å². The summed E-state index contributed by atoms with van der Waals surface area (Å²) in [5.41, 5.74) is 1.58. The van der Waals surface area contributed by atoms with Crippen LogP contribution in [-0.4, -0.2) is 19.7 Å². The fourth-order valence-electron chi connectivity index (χ4n) is 2.16. The molecular weight excluding hydrogens is 246 g/mol. The van der Waals surface area contributed by atoms with E-state index in [1.165, 1.54) is 5.56 Å². The van der Waals surface area contributed by atoms with E-state index < -0.39 is 0 Å². The minimum Gasteiger partial charge on any atom is -0.494 e. The molecule has 1 rings (SSSR count). The number of benzene rings is 1. The molecule has 2 heteroatoms. The van der Waals surface area contributed by atoms with E-state index in [-0.39, 0.29) is 5.41 Å². The van der Waals surface area contributed by atoms with Crippen molar-refractivity contribution in [3.05, 3.63) is 29.8 Å². The highest BCUT2D eigenvalue weighted by atomic mass is 16.5. The Balaban J connectivity index is 2.49. The van der Waals surface area contributed by atoms with Crippen LogP contribution in [0.5, 0.6) is 5.75 Å². The van der Waals surface area contributed by atoms with Gasteiger partial charge in [-0.15, -0.1) is 0 Å². The fraction of sp³-hybridized carbons (Fsp3) is 0.667. The molecule has 1 aromatic rings. The zero-order valence-electron chi connectivity index (χ0n) is 13.8. The maximum atomic E-state index is 5.64. The lowest BCUT2D eigenvalue weighted by Gasteiger charge is -2.26. The van der Waals surface area contributed by atoms with Crippen LogP contribution in [-0.2, 0) is 5.41 Å². The molecule has 114 valence electrons. The highest BCUT2D eigenvalue weighted by Crippen LogP contribution is 2.28. The molecule has 20 heavy (non-hydrogen) atoms. The van der Waals surface area contributed by atoms with Crippen molar-refractivity contribution in [2.45, 2.75) is 52.9 Å². The predicted octanol–water partition coefficient (Wildman–Crippen LogP) is 4.39. The van der Waals surface area contributed by atoms with E-state index in [9.17, 15) is 0 Å². The Bertz CT molecular complexity index is 368. The van der Waals surface area contributed by atoms with E-state index in [4.69, 9.17) is 4.74 Å². The van der Waals surface area contributed by atoms with Crippen molar-refractivity contribution in [1.82, 2.24) is 5.32 Å². The topological polar surface area (TPSA) is 21.3 Å². The van der Waals surface area contributed by atoms with Gasteiger partial charge >= 0.3 is 0 Å². The van der Waals surface area contributed by atoms with Gasteiger partial charge < -0.3 is 10.1 Å². The number of ether oxygens (including phenoxy) is 1. The Labute approximate surface area is 124 Å². The quantitative estimate of drug-likeness (QED) is 0.676. The molecule has 0 amide bonds. The van der Waals surface area contributed by atoms with Crippen molar-refractivity contribution in [2.24, 2.45) is 5.92 Å². The van der Waals surface area contributed by atoms with Crippen LogP contribution < -0.4 is 10.1 Å². The second-order valence-electron chi connectivity index (χ2n) is 6.60. The zero-order chi connectivity index (χ0) is 15.0. The van der Waals surface area contributed by atoms with E-state index in [1.807, 2.05) is 0 Å². The van der Waals surface area contributed by atoms with E-state index >= 15 is 0 Å². The molecule has 0 aromatic heterocycles. The lowest BCUT2D eigenvalue weighted by atomic mass is 9.81. The molecule has 0 bridgehead atoms. The first-order valence-electron chi connectivity index (χ1n) is 7.89. The summed E-state index contributed by atoms with van der Waals surface area (Å²) in [5, 5.41) is 3.53. The third-order valence-electron chi connectivity index (χ3n) is 3.59. The summed E-state index contributed by atoms with van der Waals surface area (Å²) in [6.45, 7) is 14.2. The predicted molar refractivity (Wildman–Crippen MR) is 87.6 cm³/mol. The smallest absolute Gasteiger partial charge is 0.119 e. The lowest BCUT2D eigenvalue weighted by Crippen LogP contribution is -2.27. The SMILES string of the molecule is CCCOc1ccc(C(C)(C)CCNCC(C)C)cc1. The highest BCUT2D eigenvalue weighted by molar-refractivity contribution is 5.31. The van der Waals surface area contributed by atoms with Gasteiger partial charge in [0.05, 0.1) is 6.61 Å². The average molecular weight is 277 g/mol. The van der Waals surface area contributed by atoms with Crippen LogP contribution in [0.15, 0.2) is 24.3 Å². The maximum absolute atomic E-state index is 5.64. The Kier molecular flexibility index (Phi) is 7.08. The van der Waals surface area contributed by atoms with Crippen molar-refractivity contribution in [2.75, 3.05) is 19.7 Å². The number of hydrogen-bond donors (Lipinski definition) is 1. The molecule has 1 aromatic carbocycles. The van der Waals surface area contributed by atoms with Gasteiger partial charge in [0, 0.05) is 0 Å². The van der Waals surface area contributed by atoms with Gasteiger partial charge in [0.15, 0.2) is 0 Å². The first-order valence-corrected chi connectivity index (χ1v) is 7.89. The molecule has 0 aliphatic rings. The van der Waals surface area contributed by atoms with Crippen LogP contribution >= 0.6 is 0 Å². The molecule has 0 saturated heterocycles. The van der Waals surface area contributed by atoms with Gasteiger partial charge in [-0.25, -0.2) is 0 Å². The summed E-state index contributed by atoms with van der Waals surface area (Å²) in [4.78, 5) is 0. The summed E-state index contributed by atoms with van der Waals surface area (Å²) in [6, 6.07) is 8.59. The summed E-state index contributed by atoms with van der Waals surface area (Å²) < 4.78 is 5.64. The van der Waals surface area contributed by atoms with Gasteiger partial charge in [0.2, 0.25) is 0 Å². The first kappa shape index (κ1) is 17.0. The zero-order valence-corrected chi connectivity index (χ0v) is 13.8. The summed E-state index contributed by atoms with van der Waals surface area (Å²) >= 11 is 0. The minimum absolute atomic E-state index is 0.202. The summed E-state index contributed by atoms with van der Waals surface area (Å²) in [6.07, 6.45) is 2.20. The van der Waals surface area contributed by atoms with Crippen LogP contribution in [0.4, 0.5) is 0 Å². The summed E-state index contributed by atoms with van der Waals surface area (Å²) in [7, 11) is 0. The number of rotatable bonds is 9. The van der Waals surface area contributed by atoms with E-state index in [2.05, 4.69) is 64.2 Å². The fourth-order valence-corrected chi connectivity index (χ4v) is 2.16. The molecule has 0 saturated carbocycles. The first-order chi connectivity index (χ1) is 9.45. The Morgan fingerprint density at radius 1 is 1.15 bits per heavy atom. The minimum atomic E-state index is 0.202. The second kappa shape index (κ2) is 8.31. The molecule has 0 unspecified atom stereocenters. The molecule has 0 fully saturated rings. The van der Waals surface area contributed by atoms with Gasteiger partial charge in [0.25, 0.3) is 0 Å². The maximum Gasteiger partial charge on any atom is 0.119 e. The number of nitrogens with one attached hydrogen (secondary N) is 1. The van der Waals surface area contributed by atoms with Crippen molar-refractivity contribution in [1.29, 1.82) is 0 Å². The van der Waals surface area contributed by atoms with Crippen molar-refractivity contribution in [3.63, 3.8) is 0 Å². The highest BCUT2D eigenvalue weighted by Gasteiger charge is 2.19. The van der Waals surface area contributed by atoms with Crippen LogP contribution in [0.25, 0.3) is 0 Å². The summed E-state index contributed by atoms with van der Waals surface area (Å²) in [5.74, 6) is 1.69. The monoisotopic (exact) mass is 277 g/mol. The van der Waals surface area contributed by atoms with E-state index in [0.717, 1.165) is 38.3 Å². The third-order valence-corrected chi connectivity index (χ3v) is 3.59. The van der Waals surface area contributed by atoms with Gasteiger partial charge in [-0.2, -0.15) is 0 Å². The third kappa shape index (κ3) is 5.96. The Hall–Kier alpha value is -1.02. The Morgan fingerprint density at radius 3 is 2.35 bits per heavy atom. The normalized spacial score (nSPS) is 11.9. The molecular formula is C18H31NO. The van der Waals surface area contributed by atoms with Crippen molar-refractivity contribution < 1.29 is 4.74 Å². The van der Waals surface area contributed by atoms with Gasteiger partial charge in [-0.3, -0.25) is 0 Å². The van der Waals surface area contributed by atoms with Gasteiger partial charge in [-0.1, -0.05) is 46.8 Å². The molecule has 1 N–H and O–H groups in total. The second-order valence-corrected chi connectivity index (χ2v) is 6.60. The van der Waals surface area contributed by atoms with Crippen LogP contribution in [0.3, 0.4) is 0 Å². The van der Waals surface area contributed by atoms with Gasteiger partial charge in [-0.05, 0) is 55.0 Å². The standard InChI is InChI=1S/C18H31NO/c1-6-13-20-17-9-7-16(8-10-17)18(4,5)11-12-19-14-15(2)3/h7-10,15,19H,6,11-14H2,1-5H3. The Morgan fingerprint density at radius 2 is 1.80 bits per heavy atom. The van der Waals surface area contributed by atoms with Crippen LogP contribution in [0.1, 0.15) is 53.0 Å². The molecule has 0 aliphatic carbocycles. The molecule has 0 heterocycles. The molecule has 0 radical (unpaired) electrons. The molecule has 0 spiro atoms.